The maximum atomic E-state index is 15.1. The standard InChI is InChI=1S/C41H50O10/c1-22(27-15-11-9-12-16-27)23(2)36(45)49-29-20-41(47)35(50-37(46)28-17-13-10-14-18-28)33-39(8,34(44)25(4)32(24(29)3)38(41,6)7)30(43)19-31-40(33,21-48-31)51-26(5)42/h9-18,22-23,25,29-31,33,35,43,47H,19-21H2,1-8H3/t22?,23?,25-,29?,30+,31?,33+,35+,39-,40?,41-/m1/s1. The van der Waals surface area contributed by atoms with Crippen LogP contribution in [-0.4, -0.2) is 76.1 Å². The van der Waals surface area contributed by atoms with E-state index in [0.717, 1.165) is 5.56 Å². The highest BCUT2D eigenvalue weighted by molar-refractivity contribution is 5.92. The van der Waals surface area contributed by atoms with Crippen molar-refractivity contribution in [1.29, 1.82) is 0 Å². The number of carbonyl (C=O) groups excluding carboxylic acids is 4. The Morgan fingerprint density at radius 1 is 0.961 bits per heavy atom. The number of carbonyl (C=O) groups is 4. The van der Waals surface area contributed by atoms with Crippen molar-refractivity contribution in [3.8, 4) is 0 Å². The van der Waals surface area contributed by atoms with E-state index in [4.69, 9.17) is 18.9 Å². The summed E-state index contributed by atoms with van der Waals surface area (Å²) >= 11 is 0. The van der Waals surface area contributed by atoms with Gasteiger partial charge in [0.25, 0.3) is 0 Å². The van der Waals surface area contributed by atoms with E-state index in [0.29, 0.717) is 11.1 Å². The molecule has 4 aliphatic rings. The predicted octanol–water partition coefficient (Wildman–Crippen LogP) is 5.35. The molecule has 1 heterocycles. The topological polar surface area (TPSA) is 146 Å². The Bertz CT molecular complexity index is 1730. The first-order chi connectivity index (χ1) is 23.9. The van der Waals surface area contributed by atoms with E-state index >= 15 is 4.79 Å². The Balaban J connectivity index is 1.53. The Hall–Kier alpha value is -3.86. The van der Waals surface area contributed by atoms with Crippen LogP contribution in [0.4, 0.5) is 0 Å². The lowest BCUT2D eigenvalue weighted by molar-refractivity contribution is -0.345. The van der Waals surface area contributed by atoms with E-state index in [1.54, 1.807) is 65.0 Å². The summed E-state index contributed by atoms with van der Waals surface area (Å²) in [7, 11) is 0. The fourth-order valence-electron chi connectivity index (χ4n) is 9.77. The fourth-order valence-corrected chi connectivity index (χ4v) is 9.77. The molecule has 2 bridgehead atoms. The number of rotatable bonds is 7. The molecule has 10 heteroatoms. The lowest BCUT2D eigenvalue weighted by Crippen LogP contribution is -2.81. The third kappa shape index (κ3) is 5.56. The van der Waals surface area contributed by atoms with Crippen LogP contribution < -0.4 is 0 Å². The first kappa shape index (κ1) is 36.9. The number of hydrogen-bond acceptors (Lipinski definition) is 10. The molecule has 0 amide bonds. The minimum absolute atomic E-state index is 0.00430. The van der Waals surface area contributed by atoms with Crippen molar-refractivity contribution in [2.75, 3.05) is 6.61 Å². The van der Waals surface area contributed by atoms with Gasteiger partial charge in [-0.2, -0.15) is 0 Å². The molecular formula is C41H50O10. The van der Waals surface area contributed by atoms with Gasteiger partial charge in [-0.25, -0.2) is 4.79 Å². The van der Waals surface area contributed by atoms with Crippen LogP contribution in [0.5, 0.6) is 0 Å². The Labute approximate surface area is 299 Å². The van der Waals surface area contributed by atoms with Crippen LogP contribution in [0.1, 0.15) is 90.1 Å². The molecule has 10 nitrogen and oxygen atoms in total. The van der Waals surface area contributed by atoms with Crippen LogP contribution in [0.15, 0.2) is 71.8 Å². The summed E-state index contributed by atoms with van der Waals surface area (Å²) in [5.74, 6) is -5.09. The van der Waals surface area contributed by atoms with Gasteiger partial charge in [0.2, 0.25) is 0 Å². The number of ether oxygens (including phenoxy) is 4. The van der Waals surface area contributed by atoms with E-state index in [1.165, 1.54) is 6.92 Å². The summed E-state index contributed by atoms with van der Waals surface area (Å²) in [5.41, 5.74) is -4.06. The molecule has 0 aromatic heterocycles. The van der Waals surface area contributed by atoms with Crippen LogP contribution in [0, 0.1) is 28.6 Å². The van der Waals surface area contributed by atoms with Gasteiger partial charge in [0.15, 0.2) is 5.60 Å². The maximum Gasteiger partial charge on any atom is 0.338 e. The normalized spacial score (nSPS) is 36.5. The van der Waals surface area contributed by atoms with Crippen molar-refractivity contribution >= 4 is 23.7 Å². The number of aliphatic hydroxyl groups is 2. The van der Waals surface area contributed by atoms with Crippen molar-refractivity contribution in [2.45, 2.75) is 110 Å². The monoisotopic (exact) mass is 702 g/mol. The number of aliphatic hydroxyl groups excluding tert-OH is 1. The number of fused-ring (bicyclic) bond motifs is 5. The first-order valence-corrected chi connectivity index (χ1v) is 17.9. The molecule has 2 aromatic rings. The summed E-state index contributed by atoms with van der Waals surface area (Å²) in [5, 5.41) is 25.3. The SMILES string of the molecule is CC(=O)OC12COC1C[C@H](O)[C@@]1(C)C(=O)[C@H](C)C3=C(C)C(OC(=O)C(C)C(C)c4ccccc4)C[C@@](O)([C@@H](OC(=O)c4ccccc4)[C@H]21)C3(C)C. The quantitative estimate of drug-likeness (QED) is 0.220. The summed E-state index contributed by atoms with van der Waals surface area (Å²) in [6.07, 6.45) is -4.82. The molecule has 2 saturated carbocycles. The van der Waals surface area contributed by atoms with Gasteiger partial charge in [-0.15, -0.1) is 0 Å². The molecule has 0 spiro atoms. The van der Waals surface area contributed by atoms with Crippen LogP contribution >= 0.6 is 0 Å². The Kier molecular flexibility index (Phi) is 9.39. The second-order valence-corrected chi connectivity index (χ2v) is 15.9. The van der Waals surface area contributed by atoms with E-state index in [2.05, 4.69) is 0 Å². The average molecular weight is 703 g/mol. The maximum absolute atomic E-state index is 15.1. The molecule has 11 atom stereocenters. The fraction of sp³-hybridized carbons (Fsp3) is 0.561. The second kappa shape index (κ2) is 13.0. The largest absolute Gasteiger partial charge is 0.457 e. The van der Waals surface area contributed by atoms with Gasteiger partial charge >= 0.3 is 17.9 Å². The number of hydrogen-bond donors (Lipinski definition) is 2. The van der Waals surface area contributed by atoms with Gasteiger partial charge in [-0.05, 0) is 48.6 Å². The van der Waals surface area contributed by atoms with Crippen LogP contribution in [0.25, 0.3) is 0 Å². The van der Waals surface area contributed by atoms with Gasteiger partial charge in [0.05, 0.1) is 35.5 Å². The molecule has 51 heavy (non-hydrogen) atoms. The lowest BCUT2D eigenvalue weighted by Gasteiger charge is -2.67. The molecule has 1 saturated heterocycles. The van der Waals surface area contributed by atoms with Gasteiger partial charge in [-0.1, -0.05) is 83.1 Å². The minimum Gasteiger partial charge on any atom is -0.457 e. The number of benzene rings is 2. The highest BCUT2D eigenvalue weighted by Crippen LogP contribution is 2.65. The summed E-state index contributed by atoms with van der Waals surface area (Å²) < 4.78 is 24.7. The molecule has 2 aromatic carbocycles. The highest BCUT2D eigenvalue weighted by Gasteiger charge is 2.77. The van der Waals surface area contributed by atoms with E-state index in [9.17, 15) is 24.6 Å². The molecule has 3 fully saturated rings. The molecule has 3 aliphatic carbocycles. The van der Waals surface area contributed by atoms with Crippen molar-refractivity contribution in [1.82, 2.24) is 0 Å². The van der Waals surface area contributed by atoms with Crippen LogP contribution in [0.3, 0.4) is 0 Å². The molecule has 5 unspecified atom stereocenters. The summed E-state index contributed by atoms with van der Waals surface area (Å²) in [4.78, 5) is 55.9. The third-order valence-electron chi connectivity index (χ3n) is 12.9. The minimum atomic E-state index is -2.00. The number of ketones is 1. The zero-order valence-corrected chi connectivity index (χ0v) is 30.7. The van der Waals surface area contributed by atoms with Crippen molar-refractivity contribution in [2.24, 2.45) is 28.6 Å². The van der Waals surface area contributed by atoms with Crippen LogP contribution in [-0.2, 0) is 33.3 Å². The highest BCUT2D eigenvalue weighted by atomic mass is 16.6. The van der Waals surface area contributed by atoms with Gasteiger partial charge in [-0.3, -0.25) is 14.4 Å². The zero-order valence-electron chi connectivity index (χ0n) is 30.7. The molecule has 1 aliphatic heterocycles. The lowest BCUT2D eigenvalue weighted by atomic mass is 9.43. The Morgan fingerprint density at radius 3 is 2.14 bits per heavy atom. The van der Waals surface area contributed by atoms with Crippen molar-refractivity contribution in [3.05, 3.63) is 82.9 Å². The molecule has 0 radical (unpaired) electrons. The zero-order chi connectivity index (χ0) is 37.3. The van der Waals surface area contributed by atoms with E-state index in [-0.39, 0.29) is 36.7 Å². The smallest absolute Gasteiger partial charge is 0.338 e. The van der Waals surface area contributed by atoms with Gasteiger partial charge < -0.3 is 29.2 Å². The molecule has 274 valence electrons. The van der Waals surface area contributed by atoms with E-state index in [1.807, 2.05) is 44.2 Å². The first-order valence-electron chi connectivity index (χ1n) is 17.9. The predicted molar refractivity (Wildman–Crippen MR) is 186 cm³/mol. The average Bonchev–Trinajstić information content (AvgIpc) is 3.09. The van der Waals surface area contributed by atoms with E-state index < -0.39 is 82.1 Å². The summed E-state index contributed by atoms with van der Waals surface area (Å²) in [6, 6.07) is 17.9. The Morgan fingerprint density at radius 2 is 1.57 bits per heavy atom. The summed E-state index contributed by atoms with van der Waals surface area (Å²) in [6.45, 7) is 13.6. The number of Topliss-reactive ketones (excluding diaryl/α,β-unsaturated/α-hetero) is 1. The molecule has 2 N–H and O–H groups in total. The van der Waals surface area contributed by atoms with Crippen LogP contribution in [0.2, 0.25) is 0 Å². The third-order valence-corrected chi connectivity index (χ3v) is 12.9. The molecular weight excluding hydrogens is 652 g/mol. The number of esters is 3. The second-order valence-electron chi connectivity index (χ2n) is 15.9. The van der Waals surface area contributed by atoms with Crippen molar-refractivity contribution < 1.29 is 48.3 Å². The molecule has 6 rings (SSSR count). The van der Waals surface area contributed by atoms with Crippen molar-refractivity contribution in [3.63, 3.8) is 0 Å². The van der Waals surface area contributed by atoms with Gasteiger partial charge in [0.1, 0.15) is 29.7 Å². The van der Waals surface area contributed by atoms with Gasteiger partial charge in [0, 0.05) is 31.1 Å².